The van der Waals surface area contributed by atoms with Crippen LogP contribution in [0.5, 0.6) is 0 Å². The Morgan fingerprint density at radius 2 is 2.33 bits per heavy atom. The highest BCUT2D eigenvalue weighted by molar-refractivity contribution is 5.92. The van der Waals surface area contributed by atoms with Crippen molar-refractivity contribution in [3.63, 3.8) is 0 Å². The lowest BCUT2D eigenvalue weighted by molar-refractivity contribution is 0.00703. The molecule has 1 fully saturated rings. The van der Waals surface area contributed by atoms with E-state index in [2.05, 4.69) is 17.2 Å². The van der Waals surface area contributed by atoms with Gasteiger partial charge in [-0.1, -0.05) is 6.92 Å². The molecule has 1 unspecified atom stereocenters. The predicted octanol–water partition coefficient (Wildman–Crippen LogP) is 2.54. The molecule has 1 aromatic rings. The van der Waals surface area contributed by atoms with Crippen molar-refractivity contribution in [2.24, 2.45) is 0 Å². The predicted molar refractivity (Wildman–Crippen MR) is 83.6 cm³/mol. The summed E-state index contributed by atoms with van der Waals surface area (Å²) < 4.78 is 5.64. The minimum atomic E-state index is 0.00134. The molecule has 1 N–H and O–H groups in total. The van der Waals surface area contributed by atoms with Crippen LogP contribution in [0, 0.1) is 0 Å². The number of carbonyl (C=O) groups is 1. The molecule has 0 aromatic carbocycles. The van der Waals surface area contributed by atoms with Gasteiger partial charge in [0.15, 0.2) is 0 Å². The molecule has 0 saturated carbocycles. The highest BCUT2D eigenvalue weighted by Crippen LogP contribution is 2.16. The van der Waals surface area contributed by atoms with Crippen molar-refractivity contribution in [3.8, 4) is 0 Å². The maximum Gasteiger partial charge on any atom is 0.272 e. The maximum atomic E-state index is 12.5. The Morgan fingerprint density at radius 1 is 1.48 bits per heavy atom. The molecule has 1 aromatic heterocycles. The van der Waals surface area contributed by atoms with Crippen molar-refractivity contribution < 1.29 is 9.53 Å². The van der Waals surface area contributed by atoms with Gasteiger partial charge < -0.3 is 15.0 Å². The van der Waals surface area contributed by atoms with Crippen molar-refractivity contribution in [2.75, 3.05) is 31.6 Å². The van der Waals surface area contributed by atoms with Crippen molar-refractivity contribution in [3.05, 3.63) is 24.0 Å². The molecule has 1 saturated heterocycles. The quantitative estimate of drug-likeness (QED) is 0.875. The third-order valence-electron chi connectivity index (χ3n) is 3.63. The molecule has 1 atom stereocenters. The number of pyridine rings is 1. The lowest BCUT2D eigenvalue weighted by Gasteiger charge is -2.32. The molecule has 116 valence electrons. The van der Waals surface area contributed by atoms with E-state index in [1.165, 1.54) is 0 Å². The third-order valence-corrected chi connectivity index (χ3v) is 3.63. The first-order valence-electron chi connectivity index (χ1n) is 7.85. The lowest BCUT2D eigenvalue weighted by atomic mass is 10.1. The van der Waals surface area contributed by atoms with Gasteiger partial charge in [-0.25, -0.2) is 4.98 Å². The van der Waals surface area contributed by atoms with Crippen LogP contribution in [0.2, 0.25) is 0 Å². The van der Waals surface area contributed by atoms with E-state index in [0.29, 0.717) is 18.8 Å². The fourth-order valence-electron chi connectivity index (χ4n) is 2.55. The maximum absolute atomic E-state index is 12.5. The average molecular weight is 291 g/mol. The number of hydrogen-bond acceptors (Lipinski definition) is 4. The molecule has 2 rings (SSSR count). The van der Waals surface area contributed by atoms with Gasteiger partial charge in [0.05, 0.1) is 18.0 Å². The second-order valence-electron chi connectivity index (χ2n) is 5.33. The fourth-order valence-corrected chi connectivity index (χ4v) is 2.55. The number of likely N-dealkylation sites (tertiary alicyclic amines) is 1. The van der Waals surface area contributed by atoms with Gasteiger partial charge >= 0.3 is 0 Å². The molecule has 5 nitrogen and oxygen atoms in total. The summed E-state index contributed by atoms with van der Waals surface area (Å²) in [5, 5.41) is 3.26. The van der Waals surface area contributed by atoms with Crippen LogP contribution in [0.4, 0.5) is 5.69 Å². The Kier molecular flexibility index (Phi) is 5.99. The van der Waals surface area contributed by atoms with Gasteiger partial charge in [-0.2, -0.15) is 0 Å². The summed E-state index contributed by atoms with van der Waals surface area (Å²) in [5.74, 6) is 0.00134. The zero-order valence-electron chi connectivity index (χ0n) is 13.0. The largest absolute Gasteiger partial charge is 0.384 e. The first-order chi connectivity index (χ1) is 10.2. The summed E-state index contributed by atoms with van der Waals surface area (Å²) in [6.45, 7) is 7.18. The molecule has 2 heterocycles. The van der Waals surface area contributed by atoms with Gasteiger partial charge in [-0.15, -0.1) is 0 Å². The van der Waals surface area contributed by atoms with Crippen molar-refractivity contribution in [1.82, 2.24) is 9.88 Å². The van der Waals surface area contributed by atoms with Gasteiger partial charge in [0.25, 0.3) is 5.91 Å². The SMILES string of the molecule is CCCNc1ccc(C(=O)N2CCCC(OCC)C2)nc1. The van der Waals surface area contributed by atoms with E-state index in [4.69, 9.17) is 4.74 Å². The molecule has 0 spiro atoms. The number of nitrogens with zero attached hydrogens (tertiary/aromatic N) is 2. The number of hydrogen-bond donors (Lipinski definition) is 1. The highest BCUT2D eigenvalue weighted by atomic mass is 16.5. The molecule has 0 bridgehead atoms. The van der Waals surface area contributed by atoms with Gasteiger partial charge in [-0.3, -0.25) is 4.79 Å². The lowest BCUT2D eigenvalue weighted by Crippen LogP contribution is -2.43. The fraction of sp³-hybridized carbons (Fsp3) is 0.625. The van der Waals surface area contributed by atoms with Crippen LogP contribution in [0.15, 0.2) is 18.3 Å². The Balaban J connectivity index is 1.95. The summed E-state index contributed by atoms with van der Waals surface area (Å²) in [5.41, 5.74) is 1.47. The molecule has 5 heteroatoms. The van der Waals surface area contributed by atoms with Crippen LogP contribution in [0.1, 0.15) is 43.6 Å². The average Bonchev–Trinajstić information content (AvgIpc) is 2.53. The zero-order chi connectivity index (χ0) is 15.1. The number of rotatable bonds is 6. The number of ether oxygens (including phenoxy) is 1. The monoisotopic (exact) mass is 291 g/mol. The molecule has 1 aliphatic heterocycles. The van der Waals surface area contributed by atoms with Gasteiger partial charge in [-0.05, 0) is 38.3 Å². The molecule has 21 heavy (non-hydrogen) atoms. The van der Waals surface area contributed by atoms with Crippen molar-refractivity contribution in [2.45, 2.75) is 39.2 Å². The normalized spacial score (nSPS) is 18.6. The Bertz CT molecular complexity index is 445. The van der Waals surface area contributed by atoms with E-state index in [-0.39, 0.29) is 12.0 Å². The van der Waals surface area contributed by atoms with Crippen LogP contribution in [0.25, 0.3) is 0 Å². The van der Waals surface area contributed by atoms with Crippen molar-refractivity contribution in [1.29, 1.82) is 0 Å². The zero-order valence-corrected chi connectivity index (χ0v) is 13.0. The van der Waals surface area contributed by atoms with E-state index in [0.717, 1.165) is 38.0 Å². The van der Waals surface area contributed by atoms with Crippen LogP contribution in [-0.4, -0.2) is 48.1 Å². The number of carbonyl (C=O) groups excluding carboxylic acids is 1. The second-order valence-corrected chi connectivity index (χ2v) is 5.33. The highest BCUT2D eigenvalue weighted by Gasteiger charge is 2.25. The third kappa shape index (κ3) is 4.43. The first kappa shape index (κ1) is 15.8. The van der Waals surface area contributed by atoms with Crippen LogP contribution in [-0.2, 0) is 4.74 Å². The summed E-state index contributed by atoms with van der Waals surface area (Å²) in [6.07, 6.45) is 4.98. The minimum Gasteiger partial charge on any atom is -0.384 e. The Hall–Kier alpha value is -1.62. The molecule has 1 amide bonds. The van der Waals surface area contributed by atoms with Gasteiger partial charge in [0, 0.05) is 26.2 Å². The Labute approximate surface area is 126 Å². The van der Waals surface area contributed by atoms with E-state index in [9.17, 15) is 4.79 Å². The number of anilines is 1. The number of nitrogens with one attached hydrogen (secondary N) is 1. The molecule has 0 radical (unpaired) electrons. The number of aromatic nitrogens is 1. The number of amides is 1. The minimum absolute atomic E-state index is 0.00134. The topological polar surface area (TPSA) is 54.5 Å². The second kappa shape index (κ2) is 7.98. The van der Waals surface area contributed by atoms with Crippen LogP contribution < -0.4 is 5.32 Å². The Morgan fingerprint density at radius 3 is 3.00 bits per heavy atom. The van der Waals surface area contributed by atoms with Gasteiger partial charge in [0.2, 0.25) is 0 Å². The van der Waals surface area contributed by atoms with E-state index < -0.39 is 0 Å². The summed E-state index contributed by atoms with van der Waals surface area (Å²) in [7, 11) is 0. The first-order valence-corrected chi connectivity index (χ1v) is 7.85. The summed E-state index contributed by atoms with van der Waals surface area (Å²) in [6, 6.07) is 3.71. The van der Waals surface area contributed by atoms with E-state index >= 15 is 0 Å². The number of piperidine rings is 1. The van der Waals surface area contributed by atoms with Crippen LogP contribution in [0.3, 0.4) is 0 Å². The molecule has 0 aliphatic carbocycles. The van der Waals surface area contributed by atoms with Crippen LogP contribution >= 0.6 is 0 Å². The van der Waals surface area contributed by atoms with E-state index in [1.807, 2.05) is 17.9 Å². The molecule has 1 aliphatic rings. The van der Waals surface area contributed by atoms with Crippen molar-refractivity contribution >= 4 is 11.6 Å². The summed E-state index contributed by atoms with van der Waals surface area (Å²) in [4.78, 5) is 18.6. The molecular formula is C16H25N3O2. The summed E-state index contributed by atoms with van der Waals surface area (Å²) >= 11 is 0. The standard InChI is InChI=1S/C16H25N3O2/c1-3-9-17-13-7-8-15(18-11-13)16(20)19-10-5-6-14(12-19)21-4-2/h7-8,11,14,17H,3-6,9-10,12H2,1-2H3. The smallest absolute Gasteiger partial charge is 0.272 e. The molecular weight excluding hydrogens is 266 g/mol. The van der Waals surface area contributed by atoms with Gasteiger partial charge in [0.1, 0.15) is 5.69 Å². The van der Waals surface area contributed by atoms with E-state index in [1.54, 1.807) is 12.3 Å².